The van der Waals surface area contributed by atoms with Crippen molar-refractivity contribution in [2.45, 2.75) is 32.1 Å². The van der Waals surface area contributed by atoms with E-state index in [1.807, 2.05) is 18.2 Å². The summed E-state index contributed by atoms with van der Waals surface area (Å²) in [4.78, 5) is 28.5. The number of fused-ring (bicyclic) bond motifs is 1. The molecule has 3 rings (SSSR count). The second kappa shape index (κ2) is 8.87. The largest absolute Gasteiger partial charge is 0.418 e. The van der Waals surface area contributed by atoms with Crippen molar-refractivity contribution in [2.75, 3.05) is 25.5 Å². The van der Waals surface area contributed by atoms with Crippen LogP contribution in [-0.2, 0) is 28.7 Å². The van der Waals surface area contributed by atoms with E-state index in [1.54, 1.807) is 18.9 Å². The highest BCUT2D eigenvalue weighted by Crippen LogP contribution is 2.34. The predicted octanol–water partition coefficient (Wildman–Crippen LogP) is 3.55. The topological polar surface area (TPSA) is 52.7 Å². The molecule has 160 valence electrons. The van der Waals surface area contributed by atoms with E-state index >= 15 is 0 Å². The molecule has 1 heterocycles. The standard InChI is InChI=1S/C22H24F3N3O2/c1-15(21(30)28-12-11-16-7-3-4-8-17(16)13-28)27(2)14-20(29)26-19-10-6-5-9-18(19)22(23,24)25/h3-10,15H,11-14H2,1-2H3,(H,26,29). The Balaban J connectivity index is 1.60. The molecule has 1 aliphatic rings. The molecular weight excluding hydrogens is 395 g/mol. The summed E-state index contributed by atoms with van der Waals surface area (Å²) in [5, 5.41) is 2.31. The lowest BCUT2D eigenvalue weighted by molar-refractivity contribution is -0.137. The van der Waals surface area contributed by atoms with Crippen LogP contribution in [0.1, 0.15) is 23.6 Å². The van der Waals surface area contributed by atoms with Gasteiger partial charge in [-0.25, -0.2) is 0 Å². The monoisotopic (exact) mass is 419 g/mol. The minimum absolute atomic E-state index is 0.115. The Morgan fingerprint density at radius 3 is 2.43 bits per heavy atom. The van der Waals surface area contributed by atoms with Crippen LogP contribution in [0, 0.1) is 0 Å². The van der Waals surface area contributed by atoms with Gasteiger partial charge in [-0.1, -0.05) is 36.4 Å². The van der Waals surface area contributed by atoms with Crippen molar-refractivity contribution in [1.29, 1.82) is 0 Å². The maximum absolute atomic E-state index is 13.1. The summed E-state index contributed by atoms with van der Waals surface area (Å²) in [5.41, 5.74) is 1.13. The number of halogens is 3. The zero-order chi connectivity index (χ0) is 21.9. The molecule has 0 fully saturated rings. The highest BCUT2D eigenvalue weighted by molar-refractivity contribution is 5.93. The van der Waals surface area contributed by atoms with Crippen LogP contribution in [0.15, 0.2) is 48.5 Å². The van der Waals surface area contributed by atoms with Crippen molar-refractivity contribution in [1.82, 2.24) is 9.80 Å². The third-order valence-corrected chi connectivity index (χ3v) is 5.36. The molecule has 1 N–H and O–H groups in total. The molecule has 5 nitrogen and oxygen atoms in total. The van der Waals surface area contributed by atoms with Crippen molar-refractivity contribution >= 4 is 17.5 Å². The summed E-state index contributed by atoms with van der Waals surface area (Å²) < 4.78 is 39.3. The van der Waals surface area contributed by atoms with Crippen LogP contribution in [-0.4, -0.2) is 47.8 Å². The van der Waals surface area contributed by atoms with E-state index in [0.717, 1.165) is 18.1 Å². The molecule has 2 aromatic carbocycles. The van der Waals surface area contributed by atoms with Gasteiger partial charge in [-0.3, -0.25) is 14.5 Å². The number of likely N-dealkylation sites (N-methyl/N-ethyl adjacent to an activating group) is 1. The number of hydrogen-bond acceptors (Lipinski definition) is 3. The van der Waals surface area contributed by atoms with Gasteiger partial charge in [0.1, 0.15) is 0 Å². The summed E-state index contributed by atoms with van der Waals surface area (Å²) in [7, 11) is 1.61. The first-order chi connectivity index (χ1) is 14.2. The zero-order valence-electron chi connectivity index (χ0n) is 16.9. The highest BCUT2D eigenvalue weighted by Gasteiger charge is 2.34. The Kier molecular flexibility index (Phi) is 6.45. The molecule has 2 aromatic rings. The number of anilines is 1. The van der Waals surface area contributed by atoms with E-state index in [-0.39, 0.29) is 18.1 Å². The first-order valence-corrected chi connectivity index (χ1v) is 9.68. The second-order valence-corrected chi connectivity index (χ2v) is 7.46. The maximum Gasteiger partial charge on any atom is 0.418 e. The van der Waals surface area contributed by atoms with Gasteiger partial charge in [0.2, 0.25) is 11.8 Å². The number of rotatable bonds is 5. The molecule has 1 unspecified atom stereocenters. The molecule has 0 spiro atoms. The number of hydrogen-bond donors (Lipinski definition) is 1. The molecule has 0 saturated carbocycles. The molecule has 0 aromatic heterocycles. The molecule has 2 amide bonds. The molecule has 30 heavy (non-hydrogen) atoms. The van der Waals surface area contributed by atoms with Crippen LogP contribution >= 0.6 is 0 Å². The summed E-state index contributed by atoms with van der Waals surface area (Å²) >= 11 is 0. The molecule has 0 bridgehead atoms. The maximum atomic E-state index is 13.1. The fourth-order valence-corrected chi connectivity index (χ4v) is 3.53. The number of carbonyl (C=O) groups is 2. The molecule has 0 aliphatic carbocycles. The van der Waals surface area contributed by atoms with Crippen LogP contribution in [0.25, 0.3) is 0 Å². The fourth-order valence-electron chi connectivity index (χ4n) is 3.53. The number of para-hydroxylation sites is 1. The predicted molar refractivity (Wildman–Crippen MR) is 108 cm³/mol. The van der Waals surface area contributed by atoms with Gasteiger partial charge in [0.05, 0.1) is 23.8 Å². The summed E-state index contributed by atoms with van der Waals surface area (Å²) in [6.45, 7) is 2.60. The molecule has 1 atom stereocenters. The van der Waals surface area contributed by atoms with Gasteiger partial charge >= 0.3 is 6.18 Å². The molecule has 0 radical (unpaired) electrons. The normalized spacial score (nSPS) is 14.9. The third kappa shape index (κ3) is 4.99. The summed E-state index contributed by atoms with van der Waals surface area (Å²) in [6.07, 6.45) is -3.79. The lowest BCUT2D eigenvalue weighted by Crippen LogP contribution is -2.49. The van der Waals surface area contributed by atoms with Crippen molar-refractivity contribution in [3.05, 3.63) is 65.2 Å². The molecular formula is C22H24F3N3O2. The minimum atomic E-state index is -4.57. The minimum Gasteiger partial charge on any atom is -0.337 e. The summed E-state index contributed by atoms with van der Waals surface area (Å²) in [6, 6.07) is 12.2. The lowest BCUT2D eigenvalue weighted by atomic mass is 9.99. The van der Waals surface area contributed by atoms with E-state index in [9.17, 15) is 22.8 Å². The van der Waals surface area contributed by atoms with Crippen molar-refractivity contribution in [2.24, 2.45) is 0 Å². The first kappa shape index (κ1) is 21.8. The van der Waals surface area contributed by atoms with Crippen molar-refractivity contribution in [3.8, 4) is 0 Å². The first-order valence-electron chi connectivity index (χ1n) is 9.68. The number of carbonyl (C=O) groups excluding carboxylic acids is 2. The van der Waals surface area contributed by atoms with Crippen LogP contribution in [0.4, 0.5) is 18.9 Å². The zero-order valence-corrected chi connectivity index (χ0v) is 16.9. The van der Waals surface area contributed by atoms with Gasteiger partial charge in [-0.15, -0.1) is 0 Å². The number of nitrogens with one attached hydrogen (secondary N) is 1. The summed E-state index contributed by atoms with van der Waals surface area (Å²) in [5.74, 6) is -0.728. The Bertz CT molecular complexity index is 930. The quantitative estimate of drug-likeness (QED) is 0.807. The smallest absolute Gasteiger partial charge is 0.337 e. The van der Waals surface area contributed by atoms with Gasteiger partial charge in [-0.2, -0.15) is 13.2 Å². The van der Waals surface area contributed by atoms with Gasteiger partial charge in [-0.05, 0) is 43.7 Å². The van der Waals surface area contributed by atoms with Gasteiger partial charge < -0.3 is 10.2 Å². The van der Waals surface area contributed by atoms with Gasteiger partial charge in [0, 0.05) is 13.1 Å². The van der Waals surface area contributed by atoms with E-state index in [0.29, 0.717) is 13.1 Å². The number of alkyl halides is 3. The Morgan fingerprint density at radius 1 is 1.10 bits per heavy atom. The molecule has 8 heteroatoms. The van der Waals surface area contributed by atoms with E-state index in [4.69, 9.17) is 0 Å². The lowest BCUT2D eigenvalue weighted by Gasteiger charge is -2.33. The SMILES string of the molecule is CC(C(=O)N1CCc2ccccc2C1)N(C)CC(=O)Nc1ccccc1C(F)(F)F. The highest BCUT2D eigenvalue weighted by atomic mass is 19.4. The van der Waals surface area contributed by atoms with Crippen LogP contribution in [0.3, 0.4) is 0 Å². The van der Waals surface area contributed by atoms with Crippen LogP contribution in [0.5, 0.6) is 0 Å². The third-order valence-electron chi connectivity index (χ3n) is 5.36. The van der Waals surface area contributed by atoms with Gasteiger partial charge in [0.15, 0.2) is 0 Å². The average Bonchev–Trinajstić information content (AvgIpc) is 2.71. The Morgan fingerprint density at radius 2 is 1.73 bits per heavy atom. The number of amides is 2. The average molecular weight is 419 g/mol. The van der Waals surface area contributed by atoms with E-state index in [1.165, 1.54) is 28.7 Å². The second-order valence-electron chi connectivity index (χ2n) is 7.46. The van der Waals surface area contributed by atoms with Crippen molar-refractivity contribution < 1.29 is 22.8 Å². The Hall–Kier alpha value is -2.87. The Labute approximate surface area is 173 Å². The number of nitrogens with zero attached hydrogens (tertiary/aromatic N) is 2. The van der Waals surface area contributed by atoms with Gasteiger partial charge in [0.25, 0.3) is 0 Å². The number of benzene rings is 2. The van der Waals surface area contributed by atoms with Crippen molar-refractivity contribution in [3.63, 3.8) is 0 Å². The van der Waals surface area contributed by atoms with E-state index in [2.05, 4.69) is 11.4 Å². The molecule has 1 aliphatic heterocycles. The van der Waals surface area contributed by atoms with Crippen LogP contribution < -0.4 is 5.32 Å². The fraction of sp³-hybridized carbons (Fsp3) is 0.364. The van der Waals surface area contributed by atoms with E-state index < -0.39 is 23.7 Å². The van der Waals surface area contributed by atoms with Crippen LogP contribution in [0.2, 0.25) is 0 Å². The molecule has 0 saturated heterocycles.